The van der Waals surface area contributed by atoms with Crippen LogP contribution < -0.4 is 10.1 Å². The Morgan fingerprint density at radius 3 is 2.50 bits per heavy atom. The molecular formula is C22H28N2O4. The molecule has 0 unspecified atom stereocenters. The molecule has 28 heavy (non-hydrogen) atoms. The van der Waals surface area contributed by atoms with Gasteiger partial charge in [-0.15, -0.1) is 0 Å². The van der Waals surface area contributed by atoms with Gasteiger partial charge in [0, 0.05) is 17.3 Å². The Labute approximate surface area is 166 Å². The second-order valence-corrected chi connectivity index (χ2v) is 6.85. The first-order valence-electron chi connectivity index (χ1n) is 9.31. The second kappa shape index (κ2) is 9.35. The molecule has 1 fully saturated rings. The number of amides is 1. The minimum atomic E-state index is -0.954. The van der Waals surface area contributed by atoms with Gasteiger partial charge in [0.15, 0.2) is 5.78 Å². The maximum atomic E-state index is 13.3. The number of nitrogens with one attached hydrogen (secondary N) is 1. The Morgan fingerprint density at radius 2 is 1.93 bits per heavy atom. The summed E-state index contributed by atoms with van der Waals surface area (Å²) in [5.41, 5.74) is 0.662. The lowest BCUT2D eigenvalue weighted by molar-refractivity contribution is -0.121. The van der Waals surface area contributed by atoms with Crippen molar-refractivity contribution in [3.8, 4) is 5.75 Å². The van der Waals surface area contributed by atoms with Crippen molar-refractivity contribution in [1.29, 1.82) is 0 Å². The molecule has 0 heterocycles. The highest BCUT2D eigenvalue weighted by atomic mass is 16.5. The number of Topliss-reactive ketones (excluding diaryl/α,β-unsaturated/α-hetero) is 1. The number of ether oxygens (including phenoxy) is 2. The van der Waals surface area contributed by atoms with Crippen molar-refractivity contribution in [1.82, 2.24) is 5.32 Å². The van der Waals surface area contributed by atoms with Crippen molar-refractivity contribution in [3.05, 3.63) is 53.4 Å². The van der Waals surface area contributed by atoms with E-state index >= 15 is 0 Å². The van der Waals surface area contributed by atoms with Gasteiger partial charge in [-0.25, -0.2) is 4.99 Å². The van der Waals surface area contributed by atoms with Crippen LogP contribution in [0.5, 0.6) is 5.75 Å². The van der Waals surface area contributed by atoms with Crippen molar-refractivity contribution in [2.75, 3.05) is 14.2 Å². The van der Waals surface area contributed by atoms with Crippen LogP contribution in [0.4, 0.5) is 0 Å². The fourth-order valence-corrected chi connectivity index (χ4v) is 3.63. The number of allylic oxidation sites excluding steroid dienone is 1. The average Bonchev–Trinajstić information content (AvgIpc) is 3.17. The van der Waals surface area contributed by atoms with Crippen molar-refractivity contribution in [2.24, 2.45) is 4.99 Å². The summed E-state index contributed by atoms with van der Waals surface area (Å²) in [6.07, 6.45) is 5.88. The van der Waals surface area contributed by atoms with Gasteiger partial charge < -0.3 is 14.8 Å². The molecule has 1 N–H and O–H groups in total. The molecule has 0 saturated heterocycles. The monoisotopic (exact) mass is 384 g/mol. The van der Waals surface area contributed by atoms with Gasteiger partial charge in [0.25, 0.3) is 5.91 Å². The van der Waals surface area contributed by atoms with E-state index < -0.39 is 5.54 Å². The molecule has 1 saturated carbocycles. The van der Waals surface area contributed by atoms with Gasteiger partial charge in [-0.1, -0.05) is 31.6 Å². The van der Waals surface area contributed by atoms with Gasteiger partial charge in [0.05, 0.1) is 19.8 Å². The molecule has 150 valence electrons. The molecular weight excluding hydrogens is 356 g/mol. The van der Waals surface area contributed by atoms with Crippen LogP contribution in [0.2, 0.25) is 0 Å². The third-order valence-corrected chi connectivity index (χ3v) is 5.15. The molecule has 1 aromatic carbocycles. The predicted octanol–water partition coefficient (Wildman–Crippen LogP) is 3.75. The zero-order valence-electron chi connectivity index (χ0n) is 17.0. The molecule has 0 spiro atoms. The number of carbonyl (C=O) groups excluding carboxylic acids is 2. The van der Waals surface area contributed by atoms with E-state index in [9.17, 15) is 9.59 Å². The number of rotatable bonds is 8. The molecule has 0 bridgehead atoms. The number of nitrogens with zero attached hydrogens (tertiary/aromatic N) is 1. The van der Waals surface area contributed by atoms with Crippen LogP contribution in [0.3, 0.4) is 0 Å². The third kappa shape index (κ3) is 4.32. The minimum Gasteiger partial charge on any atom is -0.496 e. The van der Waals surface area contributed by atoms with E-state index in [1.165, 1.54) is 19.4 Å². The third-order valence-electron chi connectivity index (χ3n) is 5.15. The Kier molecular flexibility index (Phi) is 7.15. The standard InChI is InChI=1S/C22H28N2O4/c1-6-14-23-21(28-5)16(3)19(25)22(12-7-8-13-22)24-20(26)17-10-9-11-18(27-4)15(17)2/h6,9-11,14H,1,7-8,12-13H2,2-5H3,(H,24,26)/b21-16-,23-14-. The van der Waals surface area contributed by atoms with Crippen LogP contribution in [0.15, 0.2) is 47.3 Å². The number of ketones is 1. The van der Waals surface area contributed by atoms with Gasteiger partial charge in [0.1, 0.15) is 11.3 Å². The van der Waals surface area contributed by atoms with Crippen molar-refractivity contribution in [3.63, 3.8) is 0 Å². The predicted molar refractivity (Wildman–Crippen MR) is 110 cm³/mol. The summed E-state index contributed by atoms with van der Waals surface area (Å²) < 4.78 is 10.6. The van der Waals surface area contributed by atoms with E-state index in [1.54, 1.807) is 32.2 Å². The number of hydrogen-bond donors (Lipinski definition) is 1. The molecule has 0 aromatic heterocycles. The molecule has 1 aliphatic carbocycles. The maximum absolute atomic E-state index is 13.3. The quantitative estimate of drug-likeness (QED) is 0.421. The number of hydrogen-bond acceptors (Lipinski definition) is 5. The molecule has 6 nitrogen and oxygen atoms in total. The zero-order valence-corrected chi connectivity index (χ0v) is 17.0. The van der Waals surface area contributed by atoms with Gasteiger partial charge >= 0.3 is 0 Å². The van der Waals surface area contributed by atoms with E-state index in [1.807, 2.05) is 6.92 Å². The van der Waals surface area contributed by atoms with Crippen molar-refractivity contribution >= 4 is 17.9 Å². The van der Waals surface area contributed by atoms with Crippen LogP contribution in [0.25, 0.3) is 0 Å². The lowest BCUT2D eigenvalue weighted by atomic mass is 9.87. The first-order chi connectivity index (χ1) is 13.4. The number of methoxy groups -OCH3 is 2. The topological polar surface area (TPSA) is 77.0 Å². The average molecular weight is 384 g/mol. The summed E-state index contributed by atoms with van der Waals surface area (Å²) in [5, 5.41) is 3.01. The maximum Gasteiger partial charge on any atom is 0.252 e. The van der Waals surface area contributed by atoms with Crippen LogP contribution in [0.1, 0.15) is 48.5 Å². The number of benzene rings is 1. The van der Waals surface area contributed by atoms with Gasteiger partial charge in [0.2, 0.25) is 5.88 Å². The lowest BCUT2D eigenvalue weighted by Crippen LogP contribution is -2.53. The Morgan fingerprint density at radius 1 is 1.25 bits per heavy atom. The molecule has 1 aliphatic rings. The largest absolute Gasteiger partial charge is 0.496 e. The summed E-state index contributed by atoms with van der Waals surface area (Å²) in [6, 6.07) is 5.30. The first-order valence-corrected chi connectivity index (χ1v) is 9.31. The summed E-state index contributed by atoms with van der Waals surface area (Å²) in [6.45, 7) is 7.08. The van der Waals surface area contributed by atoms with Crippen LogP contribution in [-0.2, 0) is 9.53 Å². The lowest BCUT2D eigenvalue weighted by Gasteiger charge is -2.29. The summed E-state index contributed by atoms with van der Waals surface area (Å²) in [4.78, 5) is 30.5. The van der Waals surface area contributed by atoms with Crippen molar-refractivity contribution in [2.45, 2.75) is 45.1 Å². The van der Waals surface area contributed by atoms with Gasteiger partial charge in [-0.3, -0.25) is 9.59 Å². The van der Waals surface area contributed by atoms with Crippen LogP contribution >= 0.6 is 0 Å². The summed E-state index contributed by atoms with van der Waals surface area (Å²) in [7, 11) is 3.03. The van der Waals surface area contributed by atoms with Gasteiger partial charge in [-0.2, -0.15) is 0 Å². The van der Waals surface area contributed by atoms with E-state index in [0.29, 0.717) is 29.7 Å². The fraction of sp³-hybridized carbons (Fsp3) is 0.409. The van der Waals surface area contributed by atoms with E-state index in [0.717, 1.165) is 18.4 Å². The highest BCUT2D eigenvalue weighted by molar-refractivity contribution is 6.07. The second-order valence-electron chi connectivity index (χ2n) is 6.85. The Bertz CT molecular complexity index is 818. The fourth-order valence-electron chi connectivity index (χ4n) is 3.63. The van der Waals surface area contributed by atoms with Crippen molar-refractivity contribution < 1.29 is 19.1 Å². The normalized spacial score (nSPS) is 16.4. The molecule has 0 radical (unpaired) electrons. The van der Waals surface area contributed by atoms with Crippen LogP contribution in [0, 0.1) is 6.92 Å². The van der Waals surface area contributed by atoms with Crippen LogP contribution in [-0.4, -0.2) is 37.7 Å². The molecule has 0 atom stereocenters. The Hall–Kier alpha value is -2.89. The zero-order chi connectivity index (χ0) is 20.7. The molecule has 2 rings (SSSR count). The number of carbonyl (C=O) groups is 2. The smallest absolute Gasteiger partial charge is 0.252 e. The summed E-state index contributed by atoms with van der Waals surface area (Å²) in [5.74, 6) is 0.406. The minimum absolute atomic E-state index is 0.169. The molecule has 6 heteroatoms. The van der Waals surface area contributed by atoms with E-state index in [4.69, 9.17) is 9.47 Å². The highest BCUT2D eigenvalue weighted by Gasteiger charge is 2.43. The molecule has 1 aromatic rings. The number of aliphatic imine (C=N–C) groups is 1. The van der Waals surface area contributed by atoms with Gasteiger partial charge in [-0.05, 0) is 38.8 Å². The summed E-state index contributed by atoms with van der Waals surface area (Å²) >= 11 is 0. The SMILES string of the molecule is C=C/C=N\C(OC)=C(/C)C(=O)C1(NC(=O)c2cccc(OC)c2C)CCCC1. The molecule has 1 amide bonds. The van der Waals surface area contributed by atoms with E-state index in [2.05, 4.69) is 16.9 Å². The first kappa shape index (κ1) is 21.4. The van der Waals surface area contributed by atoms with E-state index in [-0.39, 0.29) is 17.6 Å². The molecule has 0 aliphatic heterocycles. The highest BCUT2D eigenvalue weighted by Crippen LogP contribution is 2.34. The Balaban J connectivity index is 2.37.